The number of nitrogens with one attached hydrogen (secondary N) is 1. The fraction of sp³-hybridized carbons (Fsp3) is 0.429. The van der Waals surface area contributed by atoms with Gasteiger partial charge in [-0.1, -0.05) is 26.0 Å². The van der Waals surface area contributed by atoms with E-state index in [9.17, 15) is 9.59 Å². The van der Waals surface area contributed by atoms with Gasteiger partial charge in [0.1, 0.15) is 10.8 Å². The van der Waals surface area contributed by atoms with Gasteiger partial charge in [0.25, 0.3) is 5.91 Å². The zero-order valence-corrected chi connectivity index (χ0v) is 16.9. The third-order valence-electron chi connectivity index (χ3n) is 4.78. The van der Waals surface area contributed by atoms with Crippen LogP contribution in [-0.4, -0.2) is 25.1 Å². The van der Waals surface area contributed by atoms with Crippen molar-refractivity contribution >= 4 is 28.2 Å². The molecule has 0 aliphatic heterocycles. The number of amides is 1. The highest BCUT2D eigenvalue weighted by atomic mass is 32.1. The maximum atomic E-state index is 12.6. The number of anilines is 1. The molecule has 6 heteroatoms. The molecule has 1 aromatic carbocycles. The van der Waals surface area contributed by atoms with Gasteiger partial charge >= 0.3 is 5.97 Å². The molecule has 0 unspecified atom stereocenters. The normalized spacial score (nSPS) is 14.0. The van der Waals surface area contributed by atoms with Gasteiger partial charge in [-0.3, -0.25) is 4.79 Å². The molecule has 1 N–H and O–H groups in total. The van der Waals surface area contributed by atoms with Gasteiger partial charge in [0.2, 0.25) is 0 Å². The fourth-order valence-electron chi connectivity index (χ4n) is 3.21. The predicted molar refractivity (Wildman–Crippen MR) is 107 cm³/mol. The molecule has 1 aliphatic rings. The van der Waals surface area contributed by atoms with Gasteiger partial charge in [0.15, 0.2) is 6.10 Å². The van der Waals surface area contributed by atoms with E-state index in [4.69, 9.17) is 9.47 Å². The molecule has 0 saturated heterocycles. The van der Waals surface area contributed by atoms with Gasteiger partial charge in [-0.05, 0) is 55.4 Å². The van der Waals surface area contributed by atoms with Crippen LogP contribution in [0.1, 0.15) is 59.5 Å². The number of benzene rings is 1. The SMILES string of the molecule is COC(=O)c1c(NC(=O)[C@H](C)Oc2ccc(C(C)C)cc2)sc2c1CCC2. The van der Waals surface area contributed by atoms with Crippen LogP contribution in [0.3, 0.4) is 0 Å². The van der Waals surface area contributed by atoms with Crippen LogP contribution in [0.4, 0.5) is 5.00 Å². The zero-order chi connectivity index (χ0) is 19.6. The van der Waals surface area contributed by atoms with Crippen molar-refractivity contribution in [3.63, 3.8) is 0 Å². The van der Waals surface area contributed by atoms with Crippen molar-refractivity contribution in [3.05, 3.63) is 45.8 Å². The molecule has 144 valence electrons. The minimum absolute atomic E-state index is 0.284. The highest BCUT2D eigenvalue weighted by Gasteiger charge is 2.29. The van der Waals surface area contributed by atoms with Crippen molar-refractivity contribution in [2.24, 2.45) is 0 Å². The number of carbonyl (C=O) groups is 2. The summed E-state index contributed by atoms with van der Waals surface area (Å²) in [5, 5.41) is 3.42. The zero-order valence-electron chi connectivity index (χ0n) is 16.1. The summed E-state index contributed by atoms with van der Waals surface area (Å²) in [7, 11) is 1.36. The third-order valence-corrected chi connectivity index (χ3v) is 5.98. The molecular weight excluding hydrogens is 362 g/mol. The molecule has 5 nitrogen and oxygen atoms in total. The first kappa shape index (κ1) is 19.4. The molecule has 1 atom stereocenters. The Hall–Kier alpha value is -2.34. The first-order valence-electron chi connectivity index (χ1n) is 9.21. The number of hydrogen-bond donors (Lipinski definition) is 1. The van der Waals surface area contributed by atoms with E-state index in [0.29, 0.717) is 22.2 Å². The lowest BCUT2D eigenvalue weighted by Gasteiger charge is -2.15. The molecule has 27 heavy (non-hydrogen) atoms. The smallest absolute Gasteiger partial charge is 0.341 e. The maximum absolute atomic E-state index is 12.6. The van der Waals surface area contributed by atoms with Gasteiger partial charge in [0, 0.05) is 4.88 Å². The Morgan fingerprint density at radius 3 is 2.44 bits per heavy atom. The average molecular weight is 388 g/mol. The molecule has 0 saturated carbocycles. The van der Waals surface area contributed by atoms with E-state index >= 15 is 0 Å². The summed E-state index contributed by atoms with van der Waals surface area (Å²) in [5.74, 6) is 0.400. The molecule has 0 radical (unpaired) electrons. The fourth-order valence-corrected chi connectivity index (χ4v) is 4.49. The Balaban J connectivity index is 1.71. The van der Waals surface area contributed by atoms with Crippen LogP contribution in [-0.2, 0) is 22.4 Å². The number of esters is 1. The maximum Gasteiger partial charge on any atom is 0.341 e. The third kappa shape index (κ3) is 4.16. The highest BCUT2D eigenvalue weighted by molar-refractivity contribution is 7.17. The number of fused-ring (bicyclic) bond motifs is 1. The van der Waals surface area contributed by atoms with E-state index in [0.717, 1.165) is 29.7 Å². The number of carbonyl (C=O) groups excluding carboxylic acids is 2. The summed E-state index contributed by atoms with van der Waals surface area (Å²) in [6.45, 7) is 5.96. The summed E-state index contributed by atoms with van der Waals surface area (Å²) < 4.78 is 10.7. The number of rotatable bonds is 6. The molecule has 1 amide bonds. The van der Waals surface area contributed by atoms with Crippen molar-refractivity contribution in [1.29, 1.82) is 0 Å². The lowest BCUT2D eigenvalue weighted by Crippen LogP contribution is -2.30. The molecule has 3 rings (SSSR count). The van der Waals surface area contributed by atoms with E-state index in [2.05, 4.69) is 19.2 Å². The van der Waals surface area contributed by atoms with E-state index in [1.54, 1.807) is 6.92 Å². The van der Waals surface area contributed by atoms with Gasteiger partial charge in [-0.2, -0.15) is 0 Å². The van der Waals surface area contributed by atoms with Crippen molar-refractivity contribution in [3.8, 4) is 5.75 Å². The van der Waals surface area contributed by atoms with Crippen LogP contribution in [0.15, 0.2) is 24.3 Å². The van der Waals surface area contributed by atoms with Gasteiger partial charge in [-0.25, -0.2) is 4.79 Å². The first-order valence-corrected chi connectivity index (χ1v) is 10.0. The minimum Gasteiger partial charge on any atom is -0.481 e. The number of ether oxygens (including phenoxy) is 2. The summed E-state index contributed by atoms with van der Waals surface area (Å²) >= 11 is 1.46. The number of thiophene rings is 1. The quantitative estimate of drug-likeness (QED) is 0.739. The van der Waals surface area contributed by atoms with Crippen LogP contribution >= 0.6 is 11.3 Å². The Morgan fingerprint density at radius 1 is 1.11 bits per heavy atom. The lowest BCUT2D eigenvalue weighted by atomic mass is 10.0. The van der Waals surface area contributed by atoms with Gasteiger partial charge in [-0.15, -0.1) is 11.3 Å². The lowest BCUT2D eigenvalue weighted by molar-refractivity contribution is -0.122. The van der Waals surface area contributed by atoms with E-state index < -0.39 is 12.1 Å². The van der Waals surface area contributed by atoms with Crippen LogP contribution in [0.5, 0.6) is 5.75 Å². The largest absolute Gasteiger partial charge is 0.481 e. The van der Waals surface area contributed by atoms with Gasteiger partial charge in [0.05, 0.1) is 12.7 Å². The second-order valence-corrected chi connectivity index (χ2v) is 8.13. The van der Waals surface area contributed by atoms with E-state index in [1.165, 1.54) is 24.0 Å². The number of methoxy groups -OCH3 is 1. The summed E-state index contributed by atoms with van der Waals surface area (Å²) in [4.78, 5) is 25.9. The van der Waals surface area contributed by atoms with Crippen molar-refractivity contribution in [2.45, 2.75) is 52.1 Å². The van der Waals surface area contributed by atoms with Crippen LogP contribution in [0, 0.1) is 0 Å². The number of hydrogen-bond acceptors (Lipinski definition) is 5. The molecular formula is C21H25NO4S. The second-order valence-electron chi connectivity index (χ2n) is 7.03. The number of aryl methyl sites for hydroxylation is 1. The van der Waals surface area contributed by atoms with Crippen LogP contribution in [0.25, 0.3) is 0 Å². The predicted octanol–water partition coefficient (Wildman–Crippen LogP) is 4.55. The summed E-state index contributed by atoms with van der Waals surface area (Å²) in [6, 6.07) is 7.75. The first-order chi connectivity index (χ1) is 12.9. The molecule has 0 bridgehead atoms. The van der Waals surface area contributed by atoms with Crippen molar-refractivity contribution in [1.82, 2.24) is 0 Å². The molecule has 1 aliphatic carbocycles. The van der Waals surface area contributed by atoms with E-state index in [1.807, 2.05) is 24.3 Å². The monoisotopic (exact) mass is 387 g/mol. The Kier molecular flexibility index (Phi) is 5.85. The Labute approximate surface area is 163 Å². The van der Waals surface area contributed by atoms with Crippen molar-refractivity contribution < 1.29 is 19.1 Å². The highest BCUT2D eigenvalue weighted by Crippen LogP contribution is 2.39. The second kappa shape index (κ2) is 8.13. The van der Waals surface area contributed by atoms with Gasteiger partial charge < -0.3 is 14.8 Å². The van der Waals surface area contributed by atoms with Crippen molar-refractivity contribution in [2.75, 3.05) is 12.4 Å². The molecule has 2 aromatic rings. The Bertz CT molecular complexity index is 839. The standard InChI is InChI=1S/C21H25NO4S/c1-12(2)14-8-10-15(11-9-14)26-13(3)19(23)22-20-18(21(24)25-4)16-6-5-7-17(16)27-20/h8-13H,5-7H2,1-4H3,(H,22,23)/t13-/m0/s1. The molecule has 1 heterocycles. The summed E-state index contributed by atoms with van der Waals surface area (Å²) in [5.41, 5.74) is 2.73. The van der Waals surface area contributed by atoms with Crippen LogP contribution in [0.2, 0.25) is 0 Å². The summed E-state index contributed by atoms with van der Waals surface area (Å²) in [6.07, 6.45) is 2.14. The topological polar surface area (TPSA) is 64.6 Å². The average Bonchev–Trinajstić information content (AvgIpc) is 3.22. The van der Waals surface area contributed by atoms with Crippen LogP contribution < -0.4 is 10.1 Å². The molecule has 0 spiro atoms. The molecule has 0 fully saturated rings. The Morgan fingerprint density at radius 2 is 1.81 bits per heavy atom. The van der Waals surface area contributed by atoms with E-state index in [-0.39, 0.29) is 5.91 Å². The minimum atomic E-state index is -0.683. The molecule has 1 aromatic heterocycles.